The van der Waals surface area contributed by atoms with Gasteiger partial charge in [0.15, 0.2) is 0 Å². The van der Waals surface area contributed by atoms with E-state index < -0.39 is 0 Å². The first-order valence-electron chi connectivity index (χ1n) is 7.32. The third-order valence-electron chi connectivity index (χ3n) is 4.22. The van der Waals surface area contributed by atoms with Gasteiger partial charge in [0.2, 0.25) is 0 Å². The van der Waals surface area contributed by atoms with Crippen molar-refractivity contribution in [3.63, 3.8) is 0 Å². The number of aromatic nitrogens is 2. The Balaban J connectivity index is 2.08. The third-order valence-corrected chi connectivity index (χ3v) is 4.22. The van der Waals surface area contributed by atoms with Crippen LogP contribution >= 0.6 is 0 Å². The van der Waals surface area contributed by atoms with Gasteiger partial charge in [0.25, 0.3) is 5.56 Å². The molecule has 0 unspecified atom stereocenters. The molecule has 0 amide bonds. The van der Waals surface area contributed by atoms with Gasteiger partial charge in [-0.3, -0.25) is 4.79 Å². The Bertz CT molecular complexity index is 1070. The molecule has 0 fully saturated rings. The summed E-state index contributed by atoms with van der Waals surface area (Å²) in [6.07, 6.45) is 1.97. The molecule has 2 heterocycles. The third kappa shape index (κ3) is 1.79. The topological polar surface area (TPSA) is 26.9 Å². The van der Waals surface area contributed by atoms with Crippen LogP contribution in [-0.2, 0) is 7.05 Å². The molecule has 3 heteroatoms. The Hall–Kier alpha value is -2.81. The first kappa shape index (κ1) is 12.9. The molecule has 0 saturated carbocycles. The van der Waals surface area contributed by atoms with Crippen LogP contribution in [-0.4, -0.2) is 9.13 Å². The maximum atomic E-state index is 12.7. The molecule has 4 rings (SSSR count). The first-order chi connectivity index (χ1) is 10.6. The number of nitrogens with zero attached hydrogens (tertiary/aromatic N) is 2. The average molecular weight is 288 g/mol. The van der Waals surface area contributed by atoms with Crippen molar-refractivity contribution in [2.45, 2.75) is 6.92 Å². The number of rotatable bonds is 1. The van der Waals surface area contributed by atoms with Gasteiger partial charge in [-0.25, -0.2) is 0 Å². The summed E-state index contributed by atoms with van der Waals surface area (Å²) < 4.78 is 3.69. The van der Waals surface area contributed by atoms with Crippen molar-refractivity contribution in [1.82, 2.24) is 9.13 Å². The van der Waals surface area contributed by atoms with E-state index in [1.807, 2.05) is 48.1 Å². The van der Waals surface area contributed by atoms with Gasteiger partial charge in [0, 0.05) is 24.0 Å². The average Bonchev–Trinajstić information content (AvgIpc) is 2.93. The highest BCUT2D eigenvalue weighted by Gasteiger charge is 2.10. The Morgan fingerprint density at radius 2 is 1.64 bits per heavy atom. The number of fused-ring (bicyclic) bond motifs is 2. The van der Waals surface area contributed by atoms with E-state index in [1.54, 1.807) is 4.57 Å². The van der Waals surface area contributed by atoms with Gasteiger partial charge in [-0.1, -0.05) is 29.8 Å². The lowest BCUT2D eigenvalue weighted by Gasteiger charge is -2.10. The molecule has 0 aliphatic carbocycles. The molecule has 2 aromatic carbocycles. The Labute approximate surface area is 128 Å². The van der Waals surface area contributed by atoms with Gasteiger partial charge >= 0.3 is 0 Å². The minimum atomic E-state index is 0.0109. The number of aryl methyl sites for hydroxylation is 2. The van der Waals surface area contributed by atoms with Gasteiger partial charge in [0.05, 0.1) is 11.0 Å². The molecule has 0 bridgehead atoms. The Kier molecular flexibility index (Phi) is 2.70. The van der Waals surface area contributed by atoms with E-state index in [1.165, 1.54) is 5.56 Å². The Morgan fingerprint density at radius 1 is 0.864 bits per heavy atom. The first-order valence-corrected chi connectivity index (χ1v) is 7.32. The molecular formula is C19H16N2O. The number of para-hydroxylation sites is 1. The van der Waals surface area contributed by atoms with Crippen LogP contribution < -0.4 is 5.56 Å². The quantitative estimate of drug-likeness (QED) is 0.523. The summed E-state index contributed by atoms with van der Waals surface area (Å²) in [5.41, 5.74) is 3.91. The molecular weight excluding hydrogens is 272 g/mol. The number of hydrogen-bond acceptors (Lipinski definition) is 1. The zero-order valence-electron chi connectivity index (χ0n) is 12.6. The van der Waals surface area contributed by atoms with Crippen molar-refractivity contribution in [1.29, 1.82) is 0 Å². The van der Waals surface area contributed by atoms with E-state index in [0.29, 0.717) is 5.69 Å². The molecule has 0 radical (unpaired) electrons. The lowest BCUT2D eigenvalue weighted by molar-refractivity contribution is 0.884. The van der Waals surface area contributed by atoms with Crippen molar-refractivity contribution < 1.29 is 0 Å². The summed E-state index contributed by atoms with van der Waals surface area (Å²) in [5.74, 6) is 0. The minimum absolute atomic E-state index is 0.0109. The van der Waals surface area contributed by atoms with Crippen LogP contribution in [0.4, 0.5) is 0 Å². The van der Waals surface area contributed by atoms with E-state index in [-0.39, 0.29) is 5.56 Å². The normalized spacial score (nSPS) is 11.4. The molecule has 0 saturated heterocycles. The number of hydrogen-bond donors (Lipinski definition) is 0. The number of pyridine rings is 1. The zero-order chi connectivity index (χ0) is 15.3. The summed E-state index contributed by atoms with van der Waals surface area (Å²) in [4.78, 5) is 12.7. The van der Waals surface area contributed by atoms with Crippen molar-refractivity contribution in [3.8, 4) is 5.69 Å². The van der Waals surface area contributed by atoms with Gasteiger partial charge in [0.1, 0.15) is 5.69 Å². The second-order valence-corrected chi connectivity index (χ2v) is 5.70. The summed E-state index contributed by atoms with van der Waals surface area (Å²) in [7, 11) is 1.82. The molecule has 3 nitrogen and oxygen atoms in total. The van der Waals surface area contributed by atoms with Gasteiger partial charge < -0.3 is 9.13 Å². The zero-order valence-corrected chi connectivity index (χ0v) is 12.6. The SMILES string of the molecule is Cc1ccc2c(ccn2-c2cc3ccccc3n(C)c2=O)c1. The predicted octanol–water partition coefficient (Wildman–Crippen LogP) is 3.79. The molecule has 4 aromatic rings. The summed E-state index contributed by atoms with van der Waals surface area (Å²) in [6.45, 7) is 2.08. The van der Waals surface area contributed by atoms with Gasteiger partial charge in [-0.05, 0) is 37.3 Å². The molecule has 108 valence electrons. The molecule has 0 spiro atoms. The van der Waals surface area contributed by atoms with Crippen molar-refractivity contribution in [3.05, 3.63) is 76.7 Å². The van der Waals surface area contributed by atoms with Crippen LogP contribution in [0.3, 0.4) is 0 Å². The highest BCUT2D eigenvalue weighted by atomic mass is 16.1. The van der Waals surface area contributed by atoms with Gasteiger partial charge in [-0.2, -0.15) is 0 Å². The summed E-state index contributed by atoms with van der Waals surface area (Å²) in [5, 5.41) is 2.21. The fourth-order valence-electron chi connectivity index (χ4n) is 3.05. The molecule has 22 heavy (non-hydrogen) atoms. The van der Waals surface area contributed by atoms with Crippen LogP contribution in [0.1, 0.15) is 5.56 Å². The lowest BCUT2D eigenvalue weighted by Crippen LogP contribution is -2.21. The second kappa shape index (κ2) is 4.60. The van der Waals surface area contributed by atoms with Crippen LogP contribution in [0.15, 0.2) is 65.6 Å². The maximum absolute atomic E-state index is 12.7. The largest absolute Gasteiger partial charge is 0.312 e. The fourth-order valence-corrected chi connectivity index (χ4v) is 3.05. The van der Waals surface area contributed by atoms with Crippen LogP contribution in [0, 0.1) is 6.92 Å². The van der Waals surface area contributed by atoms with E-state index in [2.05, 4.69) is 31.2 Å². The van der Waals surface area contributed by atoms with E-state index >= 15 is 0 Å². The van der Waals surface area contributed by atoms with E-state index in [4.69, 9.17) is 0 Å². The van der Waals surface area contributed by atoms with Crippen molar-refractivity contribution in [2.75, 3.05) is 0 Å². The summed E-state index contributed by atoms with van der Waals surface area (Å²) >= 11 is 0. The number of benzene rings is 2. The fraction of sp³-hybridized carbons (Fsp3) is 0.105. The van der Waals surface area contributed by atoms with Gasteiger partial charge in [-0.15, -0.1) is 0 Å². The highest BCUT2D eigenvalue weighted by molar-refractivity contribution is 5.85. The van der Waals surface area contributed by atoms with Crippen LogP contribution in [0.5, 0.6) is 0 Å². The molecule has 0 aliphatic rings. The summed E-state index contributed by atoms with van der Waals surface area (Å²) in [6, 6.07) is 18.3. The van der Waals surface area contributed by atoms with Crippen molar-refractivity contribution >= 4 is 21.8 Å². The molecule has 0 atom stereocenters. The van der Waals surface area contributed by atoms with E-state index in [0.717, 1.165) is 21.8 Å². The molecule has 0 aliphatic heterocycles. The monoisotopic (exact) mass is 288 g/mol. The van der Waals surface area contributed by atoms with Crippen molar-refractivity contribution in [2.24, 2.45) is 7.05 Å². The molecule has 2 aromatic heterocycles. The highest BCUT2D eigenvalue weighted by Crippen LogP contribution is 2.22. The van der Waals surface area contributed by atoms with Crippen LogP contribution in [0.2, 0.25) is 0 Å². The molecule has 0 N–H and O–H groups in total. The predicted molar refractivity (Wildman–Crippen MR) is 90.8 cm³/mol. The Morgan fingerprint density at radius 3 is 2.50 bits per heavy atom. The van der Waals surface area contributed by atoms with E-state index in [9.17, 15) is 4.79 Å². The second-order valence-electron chi connectivity index (χ2n) is 5.70. The smallest absolute Gasteiger partial charge is 0.275 e. The standard InChI is InChI=1S/C19H16N2O/c1-13-7-8-17-15(11-13)9-10-21(17)18-12-14-5-3-4-6-16(14)20(2)19(18)22/h3-12H,1-2H3. The minimum Gasteiger partial charge on any atom is -0.312 e. The lowest BCUT2D eigenvalue weighted by atomic mass is 10.2. The van der Waals surface area contributed by atoms with Crippen LogP contribution in [0.25, 0.3) is 27.5 Å². The maximum Gasteiger partial charge on any atom is 0.275 e.